The summed E-state index contributed by atoms with van der Waals surface area (Å²) < 4.78 is 17.1. The number of hydrogen-bond donors (Lipinski definition) is 3. The molecule has 1 aliphatic carbocycles. The van der Waals surface area contributed by atoms with Gasteiger partial charge in [-0.15, -0.1) is 0 Å². The van der Waals surface area contributed by atoms with E-state index in [-0.39, 0.29) is 13.0 Å². The van der Waals surface area contributed by atoms with Gasteiger partial charge in [-0.2, -0.15) is 0 Å². The van der Waals surface area contributed by atoms with Crippen LogP contribution in [0.1, 0.15) is 67.7 Å². The number of hydrogen-bond acceptors (Lipinski definition) is 8. The number of likely N-dealkylation sites (tertiary alicyclic amines) is 1. The Morgan fingerprint density at radius 3 is 2.32 bits per heavy atom. The maximum Gasteiger partial charge on any atom is 0.408 e. The van der Waals surface area contributed by atoms with Crippen LogP contribution in [0, 0.1) is 10.8 Å². The van der Waals surface area contributed by atoms with E-state index in [1.807, 2.05) is 39.0 Å². The van der Waals surface area contributed by atoms with Gasteiger partial charge in [-0.05, 0) is 75.6 Å². The van der Waals surface area contributed by atoms with Crippen molar-refractivity contribution < 1.29 is 38.5 Å². The second-order valence-electron chi connectivity index (χ2n) is 13.8. The number of carbonyl (C=O) groups is 4. The molecule has 4 unspecified atom stereocenters. The monoisotopic (exact) mass is 612 g/mol. The van der Waals surface area contributed by atoms with Crippen molar-refractivity contribution in [2.75, 3.05) is 13.7 Å². The molecule has 4 atom stereocenters. The summed E-state index contributed by atoms with van der Waals surface area (Å²) in [4.78, 5) is 58.4. The largest absolute Gasteiger partial charge is 0.497 e. The zero-order valence-electron chi connectivity index (χ0n) is 26.7. The molecule has 2 heterocycles. The van der Waals surface area contributed by atoms with Crippen LogP contribution in [0.3, 0.4) is 0 Å². The fraction of sp³-hybridized carbons (Fsp3) is 0.594. The number of ether oxygens (including phenoxy) is 3. The van der Waals surface area contributed by atoms with Gasteiger partial charge in [0.2, 0.25) is 17.7 Å². The van der Waals surface area contributed by atoms with Crippen LogP contribution in [-0.4, -0.2) is 82.4 Å². The van der Waals surface area contributed by atoms with Crippen LogP contribution in [-0.2, 0) is 19.1 Å². The SMILES string of the molecule is COc1ccc2c(OC3CC(C(=O)NC(C)C4(C(=O)O)CC4)N(C(=O)C(NC(=O)OC(C)(C)C)C(C)(C)C)C3)nccc2c1. The Labute approximate surface area is 257 Å². The van der Waals surface area contributed by atoms with E-state index in [4.69, 9.17) is 14.2 Å². The van der Waals surface area contributed by atoms with E-state index in [1.54, 1.807) is 47.1 Å². The highest BCUT2D eigenvalue weighted by Crippen LogP contribution is 2.49. The number of nitrogens with zero attached hydrogens (tertiary/aromatic N) is 2. The molecule has 3 amide bonds. The first-order valence-electron chi connectivity index (χ1n) is 14.9. The van der Waals surface area contributed by atoms with Crippen molar-refractivity contribution in [2.45, 2.75) is 97.6 Å². The Balaban J connectivity index is 1.62. The molecule has 0 radical (unpaired) electrons. The number of nitrogens with one attached hydrogen (secondary N) is 2. The van der Waals surface area contributed by atoms with Crippen molar-refractivity contribution in [1.82, 2.24) is 20.5 Å². The van der Waals surface area contributed by atoms with E-state index < -0.39 is 64.5 Å². The normalized spacial score (nSPS) is 20.8. The van der Waals surface area contributed by atoms with E-state index in [0.29, 0.717) is 24.5 Å². The van der Waals surface area contributed by atoms with Crippen molar-refractivity contribution in [3.63, 3.8) is 0 Å². The van der Waals surface area contributed by atoms with Crippen LogP contribution in [0.25, 0.3) is 10.8 Å². The molecule has 4 rings (SSSR count). The number of carbonyl (C=O) groups excluding carboxylic acids is 3. The molecule has 1 aromatic carbocycles. The number of pyridine rings is 1. The van der Waals surface area contributed by atoms with E-state index in [9.17, 15) is 24.3 Å². The van der Waals surface area contributed by atoms with E-state index >= 15 is 0 Å². The quantitative estimate of drug-likeness (QED) is 0.382. The first-order chi connectivity index (χ1) is 20.4. The highest BCUT2D eigenvalue weighted by molar-refractivity contribution is 5.93. The molecule has 0 bridgehead atoms. The van der Waals surface area contributed by atoms with E-state index in [0.717, 1.165) is 10.8 Å². The standard InChI is InChI=1S/C32H44N4O8/c1-18(32(12-13-32)28(39)40)34-25(37)23-16-21(43-26-22-10-9-20(42-8)15-19(22)11-14-33-26)17-36(23)27(38)24(30(2,3)4)35-29(41)44-31(5,6)7/h9-11,14-15,18,21,23-24H,12-13,16-17H2,1-8H3,(H,34,37)(H,35,41)(H,39,40). The van der Waals surface area contributed by atoms with Gasteiger partial charge in [-0.1, -0.05) is 20.8 Å². The first-order valence-corrected chi connectivity index (χ1v) is 14.9. The lowest BCUT2D eigenvalue weighted by Crippen LogP contribution is -2.59. The van der Waals surface area contributed by atoms with Gasteiger partial charge in [-0.3, -0.25) is 14.4 Å². The molecular weight excluding hydrogens is 568 g/mol. The van der Waals surface area contributed by atoms with Crippen molar-refractivity contribution in [3.05, 3.63) is 30.5 Å². The second kappa shape index (κ2) is 12.1. The number of fused-ring (bicyclic) bond motifs is 1. The van der Waals surface area contributed by atoms with Crippen LogP contribution < -0.4 is 20.1 Å². The lowest BCUT2D eigenvalue weighted by molar-refractivity contribution is -0.146. The summed E-state index contributed by atoms with van der Waals surface area (Å²) in [6.45, 7) is 12.3. The number of methoxy groups -OCH3 is 1. The molecule has 2 aliphatic rings. The van der Waals surface area contributed by atoms with Crippen LogP contribution in [0.15, 0.2) is 30.5 Å². The number of aliphatic carboxylic acids is 1. The fourth-order valence-electron chi connectivity index (χ4n) is 5.54. The Morgan fingerprint density at radius 1 is 1.07 bits per heavy atom. The highest BCUT2D eigenvalue weighted by atomic mass is 16.6. The van der Waals surface area contributed by atoms with Crippen LogP contribution in [0.4, 0.5) is 4.79 Å². The number of aromatic nitrogens is 1. The maximum absolute atomic E-state index is 14.2. The van der Waals surface area contributed by atoms with Crippen LogP contribution in [0.5, 0.6) is 11.6 Å². The molecule has 240 valence electrons. The van der Waals surface area contributed by atoms with Crippen molar-refractivity contribution in [1.29, 1.82) is 0 Å². The van der Waals surface area contributed by atoms with Crippen LogP contribution >= 0.6 is 0 Å². The minimum Gasteiger partial charge on any atom is -0.497 e. The summed E-state index contributed by atoms with van der Waals surface area (Å²) in [6, 6.07) is 4.68. The molecule has 12 nitrogen and oxygen atoms in total. The topological polar surface area (TPSA) is 156 Å². The summed E-state index contributed by atoms with van der Waals surface area (Å²) in [6.07, 6.45) is 1.32. The minimum atomic E-state index is -1.03. The van der Waals surface area contributed by atoms with Gasteiger partial charge >= 0.3 is 12.1 Å². The minimum absolute atomic E-state index is 0.0478. The van der Waals surface area contributed by atoms with Gasteiger partial charge in [0.15, 0.2) is 0 Å². The third-order valence-corrected chi connectivity index (χ3v) is 8.24. The van der Waals surface area contributed by atoms with Gasteiger partial charge in [0.25, 0.3) is 0 Å². The molecule has 1 saturated heterocycles. The Bertz CT molecular complexity index is 1430. The molecule has 0 spiro atoms. The molecular formula is C32H44N4O8. The average molecular weight is 613 g/mol. The average Bonchev–Trinajstić information content (AvgIpc) is 3.64. The van der Waals surface area contributed by atoms with Crippen molar-refractivity contribution in [2.24, 2.45) is 10.8 Å². The fourth-order valence-corrected chi connectivity index (χ4v) is 5.54. The number of carboxylic acid groups (broad SMARTS) is 1. The van der Waals surface area contributed by atoms with Gasteiger partial charge in [0.05, 0.1) is 19.1 Å². The Hall–Kier alpha value is -4.09. The van der Waals surface area contributed by atoms with Crippen molar-refractivity contribution in [3.8, 4) is 11.6 Å². The zero-order chi connectivity index (χ0) is 32.6. The predicted octanol–water partition coefficient (Wildman–Crippen LogP) is 3.90. The van der Waals surface area contributed by atoms with Gasteiger partial charge in [0, 0.05) is 24.0 Å². The van der Waals surface area contributed by atoms with Gasteiger partial charge < -0.3 is 34.9 Å². The zero-order valence-corrected chi connectivity index (χ0v) is 26.7. The summed E-state index contributed by atoms with van der Waals surface area (Å²) in [7, 11) is 1.58. The maximum atomic E-state index is 14.2. The third-order valence-electron chi connectivity index (χ3n) is 8.24. The molecule has 1 saturated carbocycles. The van der Waals surface area contributed by atoms with E-state index in [2.05, 4.69) is 15.6 Å². The smallest absolute Gasteiger partial charge is 0.408 e. The number of benzene rings is 1. The lowest BCUT2D eigenvalue weighted by Gasteiger charge is -2.36. The molecule has 2 aromatic rings. The number of amides is 3. The molecule has 1 aliphatic heterocycles. The summed E-state index contributed by atoms with van der Waals surface area (Å²) in [5.74, 6) is -0.890. The molecule has 2 fully saturated rings. The van der Waals surface area contributed by atoms with Crippen LogP contribution in [0.2, 0.25) is 0 Å². The molecule has 44 heavy (non-hydrogen) atoms. The van der Waals surface area contributed by atoms with Gasteiger partial charge in [0.1, 0.15) is 29.5 Å². The molecule has 12 heteroatoms. The molecule has 3 N–H and O–H groups in total. The number of rotatable bonds is 9. The molecule has 1 aromatic heterocycles. The first kappa shape index (κ1) is 32.8. The number of alkyl carbamates (subject to hydrolysis) is 1. The predicted molar refractivity (Wildman–Crippen MR) is 162 cm³/mol. The third kappa shape index (κ3) is 7.16. The van der Waals surface area contributed by atoms with Gasteiger partial charge in [-0.25, -0.2) is 9.78 Å². The Kier molecular flexibility index (Phi) is 9.04. The van der Waals surface area contributed by atoms with E-state index in [1.165, 1.54) is 4.90 Å². The van der Waals surface area contributed by atoms with Crippen molar-refractivity contribution >= 4 is 34.6 Å². The summed E-state index contributed by atoms with van der Waals surface area (Å²) in [5, 5.41) is 16.9. The highest BCUT2D eigenvalue weighted by Gasteiger charge is 2.56. The summed E-state index contributed by atoms with van der Waals surface area (Å²) in [5.41, 5.74) is -2.53. The number of carboxylic acids is 1. The Morgan fingerprint density at radius 2 is 1.75 bits per heavy atom. The summed E-state index contributed by atoms with van der Waals surface area (Å²) >= 11 is 0. The second-order valence-corrected chi connectivity index (χ2v) is 13.8. The lowest BCUT2D eigenvalue weighted by atomic mass is 9.85.